The second-order valence-corrected chi connectivity index (χ2v) is 7.27. The summed E-state index contributed by atoms with van der Waals surface area (Å²) in [5, 5.41) is 19.1. The smallest absolute Gasteiger partial charge is 0.410 e. The molecule has 0 aliphatic carbocycles. The molecule has 0 radical (unpaired) electrons. The van der Waals surface area contributed by atoms with Crippen LogP contribution in [0.3, 0.4) is 0 Å². The molecule has 1 amide bonds. The Bertz CT molecular complexity index is 948. The number of halogens is 2. The summed E-state index contributed by atoms with van der Waals surface area (Å²) in [5.41, 5.74) is 0.705. The highest BCUT2D eigenvalue weighted by Crippen LogP contribution is 2.32. The lowest BCUT2D eigenvalue weighted by atomic mass is 10.0. The van der Waals surface area contributed by atoms with Gasteiger partial charge >= 0.3 is 18.0 Å². The summed E-state index contributed by atoms with van der Waals surface area (Å²) < 4.78 is 33.9. The normalized spacial score (nSPS) is 17.7. The van der Waals surface area contributed by atoms with Crippen molar-refractivity contribution in [1.82, 2.24) is 4.90 Å². The average Bonchev–Trinajstić information content (AvgIpc) is 3.12. The molecule has 31 heavy (non-hydrogen) atoms. The highest BCUT2D eigenvalue weighted by Gasteiger charge is 2.39. The van der Waals surface area contributed by atoms with Crippen LogP contribution in [0.2, 0.25) is 0 Å². The van der Waals surface area contributed by atoms with E-state index in [9.17, 15) is 23.5 Å². The van der Waals surface area contributed by atoms with Crippen LogP contribution in [0.25, 0.3) is 0 Å². The first-order chi connectivity index (χ1) is 14.8. The van der Waals surface area contributed by atoms with Gasteiger partial charge in [0.15, 0.2) is 0 Å². The fraction of sp³-hybridized carbons (Fsp3) is 0.304. The first kappa shape index (κ1) is 22.4. The molecular weight excluding hydrogens is 408 g/mol. The number of aliphatic hydroxyl groups excluding tert-OH is 1. The number of hydrogen-bond donors (Lipinski definition) is 2. The Labute approximate surface area is 178 Å². The van der Waals surface area contributed by atoms with E-state index in [-0.39, 0.29) is 17.7 Å². The summed E-state index contributed by atoms with van der Waals surface area (Å²) >= 11 is 0. The molecule has 1 saturated heterocycles. The molecule has 0 saturated carbocycles. The van der Waals surface area contributed by atoms with Crippen LogP contribution in [0.1, 0.15) is 27.9 Å². The van der Waals surface area contributed by atoms with Crippen molar-refractivity contribution in [2.45, 2.75) is 30.9 Å². The molecule has 0 aromatic heterocycles. The van der Waals surface area contributed by atoms with E-state index in [2.05, 4.69) is 0 Å². The first-order valence-electron chi connectivity index (χ1n) is 9.84. The number of rotatable bonds is 9. The molecule has 2 atom stereocenters. The van der Waals surface area contributed by atoms with Crippen molar-refractivity contribution >= 4 is 12.1 Å². The summed E-state index contributed by atoms with van der Waals surface area (Å²) in [6.07, 6.45) is 0.811. The Hall–Kier alpha value is -3.26. The number of aryl methyl sites for hydroxylation is 1. The first-order valence-corrected chi connectivity index (χ1v) is 9.84. The number of carboxylic acid groups (broad SMARTS) is 1. The standard InChI is InChI=1S/C23H23F2NO5/c24-23(25,18-9-2-1-3-10-18)20(27)12-11-19-15-31-22(30)26(19)13-5-7-16-6-4-8-17(14-16)21(28)29/h1-4,6,8-12,14,19-20,27H,5,7,13,15H2,(H,28,29). The fourth-order valence-electron chi connectivity index (χ4n) is 3.38. The Morgan fingerprint density at radius 2 is 1.97 bits per heavy atom. The molecule has 2 N–H and O–H groups in total. The second kappa shape index (κ2) is 9.70. The Kier molecular flexibility index (Phi) is 7.02. The highest BCUT2D eigenvalue weighted by atomic mass is 19.3. The summed E-state index contributed by atoms with van der Waals surface area (Å²) in [4.78, 5) is 24.5. The molecule has 0 spiro atoms. The minimum Gasteiger partial charge on any atom is -0.478 e. The number of aromatic carboxylic acids is 1. The van der Waals surface area contributed by atoms with Crippen LogP contribution in [-0.4, -0.2) is 52.5 Å². The van der Waals surface area contributed by atoms with E-state index < -0.39 is 30.1 Å². The number of benzene rings is 2. The number of hydrogen-bond acceptors (Lipinski definition) is 4. The molecule has 8 heteroatoms. The number of nitrogens with zero attached hydrogens (tertiary/aromatic N) is 1. The van der Waals surface area contributed by atoms with Gasteiger partial charge < -0.3 is 14.9 Å². The predicted octanol–water partition coefficient (Wildman–Crippen LogP) is 3.85. The maximum absolute atomic E-state index is 14.4. The molecule has 3 rings (SSSR count). The summed E-state index contributed by atoms with van der Waals surface area (Å²) in [7, 11) is 0. The third kappa shape index (κ3) is 5.46. The maximum Gasteiger partial charge on any atom is 0.410 e. The van der Waals surface area contributed by atoms with Crippen LogP contribution >= 0.6 is 0 Å². The summed E-state index contributed by atoms with van der Waals surface area (Å²) in [6, 6.07) is 13.0. The van der Waals surface area contributed by atoms with Crippen molar-refractivity contribution in [3.8, 4) is 0 Å². The van der Waals surface area contributed by atoms with Crippen molar-refractivity contribution in [2.24, 2.45) is 0 Å². The zero-order valence-electron chi connectivity index (χ0n) is 16.7. The minimum atomic E-state index is -3.47. The fourth-order valence-corrected chi connectivity index (χ4v) is 3.38. The van der Waals surface area contributed by atoms with E-state index in [1.807, 2.05) is 0 Å². The van der Waals surface area contributed by atoms with Gasteiger partial charge in [-0.3, -0.25) is 4.90 Å². The van der Waals surface area contributed by atoms with Crippen molar-refractivity contribution in [3.63, 3.8) is 0 Å². The minimum absolute atomic E-state index is 0.00740. The van der Waals surface area contributed by atoms with Gasteiger partial charge in [-0.1, -0.05) is 54.6 Å². The molecule has 1 fully saturated rings. The summed E-state index contributed by atoms with van der Waals surface area (Å²) in [5.74, 6) is -4.48. The average molecular weight is 431 g/mol. The zero-order chi connectivity index (χ0) is 22.4. The Morgan fingerprint density at radius 3 is 2.68 bits per heavy atom. The van der Waals surface area contributed by atoms with Crippen molar-refractivity contribution in [3.05, 3.63) is 83.4 Å². The van der Waals surface area contributed by atoms with Gasteiger partial charge in [0, 0.05) is 12.1 Å². The number of ether oxygens (including phenoxy) is 1. The van der Waals surface area contributed by atoms with Crippen LogP contribution in [0.5, 0.6) is 0 Å². The predicted molar refractivity (Wildman–Crippen MR) is 109 cm³/mol. The Balaban J connectivity index is 1.59. The number of cyclic esters (lactones) is 1. The molecule has 1 heterocycles. The Morgan fingerprint density at radius 1 is 1.23 bits per heavy atom. The molecular formula is C23H23F2NO5. The second-order valence-electron chi connectivity index (χ2n) is 7.27. The molecule has 2 aromatic rings. The van der Waals surface area contributed by atoms with Gasteiger partial charge in [0.2, 0.25) is 0 Å². The van der Waals surface area contributed by atoms with Crippen LogP contribution in [0, 0.1) is 0 Å². The molecule has 0 bridgehead atoms. The van der Waals surface area contributed by atoms with Gasteiger partial charge in [0.05, 0.1) is 11.6 Å². The van der Waals surface area contributed by atoms with E-state index in [0.717, 1.165) is 11.6 Å². The lowest BCUT2D eigenvalue weighted by molar-refractivity contribution is -0.0929. The molecule has 6 nitrogen and oxygen atoms in total. The van der Waals surface area contributed by atoms with E-state index in [1.54, 1.807) is 24.3 Å². The van der Waals surface area contributed by atoms with E-state index in [0.29, 0.717) is 19.4 Å². The van der Waals surface area contributed by atoms with Crippen molar-refractivity contribution in [1.29, 1.82) is 0 Å². The number of carbonyl (C=O) groups is 2. The number of amides is 1. The topological polar surface area (TPSA) is 87.1 Å². The third-order valence-electron chi connectivity index (χ3n) is 5.10. The van der Waals surface area contributed by atoms with E-state index in [1.165, 1.54) is 41.3 Å². The number of carbonyl (C=O) groups excluding carboxylic acids is 1. The summed E-state index contributed by atoms with van der Waals surface area (Å²) in [6.45, 7) is 0.309. The SMILES string of the molecule is O=C(O)c1cccc(CCCN2C(=O)OCC2C=CC(O)C(F)(F)c2ccccc2)c1. The molecule has 1 aliphatic heterocycles. The maximum atomic E-state index is 14.4. The van der Waals surface area contributed by atoms with Gasteiger partial charge in [0.25, 0.3) is 0 Å². The number of aliphatic hydroxyl groups is 1. The molecule has 1 aliphatic rings. The lowest BCUT2D eigenvalue weighted by Gasteiger charge is -2.22. The number of alkyl halides is 2. The van der Waals surface area contributed by atoms with Crippen LogP contribution in [0.4, 0.5) is 13.6 Å². The number of carboxylic acids is 1. The van der Waals surface area contributed by atoms with Crippen molar-refractivity contribution in [2.75, 3.05) is 13.2 Å². The van der Waals surface area contributed by atoms with Crippen LogP contribution in [0.15, 0.2) is 66.7 Å². The van der Waals surface area contributed by atoms with E-state index >= 15 is 0 Å². The molecule has 164 valence electrons. The third-order valence-corrected chi connectivity index (χ3v) is 5.10. The highest BCUT2D eigenvalue weighted by molar-refractivity contribution is 5.87. The van der Waals surface area contributed by atoms with Crippen LogP contribution < -0.4 is 0 Å². The van der Waals surface area contributed by atoms with E-state index in [4.69, 9.17) is 9.84 Å². The van der Waals surface area contributed by atoms with Crippen LogP contribution in [-0.2, 0) is 17.1 Å². The zero-order valence-corrected chi connectivity index (χ0v) is 16.7. The molecule has 2 unspecified atom stereocenters. The quantitative estimate of drug-likeness (QED) is 0.589. The van der Waals surface area contributed by atoms with Gasteiger partial charge in [-0.2, -0.15) is 8.78 Å². The van der Waals surface area contributed by atoms with Gasteiger partial charge in [-0.05, 0) is 30.5 Å². The van der Waals surface area contributed by atoms with Gasteiger partial charge in [0.1, 0.15) is 12.7 Å². The van der Waals surface area contributed by atoms with Gasteiger partial charge in [-0.25, -0.2) is 9.59 Å². The molecule has 2 aromatic carbocycles. The van der Waals surface area contributed by atoms with Gasteiger partial charge in [-0.15, -0.1) is 0 Å². The lowest BCUT2D eigenvalue weighted by Crippen LogP contribution is -2.34. The largest absolute Gasteiger partial charge is 0.478 e. The monoisotopic (exact) mass is 431 g/mol. The van der Waals surface area contributed by atoms with Crippen molar-refractivity contribution < 1.29 is 33.3 Å².